The van der Waals surface area contributed by atoms with Crippen LogP contribution in [0.25, 0.3) is 10.9 Å². The van der Waals surface area contributed by atoms with Crippen LogP contribution in [0.4, 0.5) is 0 Å². The normalized spacial score (nSPS) is 17.4. The average Bonchev–Trinajstić information content (AvgIpc) is 3.06. The largest absolute Gasteiger partial charge is 0.493 e. The van der Waals surface area contributed by atoms with Crippen LogP contribution in [0.2, 0.25) is 0 Å². The summed E-state index contributed by atoms with van der Waals surface area (Å²) in [6.45, 7) is 5.10. The van der Waals surface area contributed by atoms with E-state index in [-0.39, 0.29) is 12.6 Å². The fraction of sp³-hybridized carbons (Fsp3) is 0.375. The number of aromatic nitrogens is 1. The maximum Gasteiger partial charge on any atom is 0.340 e. The van der Waals surface area contributed by atoms with Crippen molar-refractivity contribution in [2.24, 2.45) is 5.92 Å². The number of hydrogen-bond donors (Lipinski definition) is 1. The van der Waals surface area contributed by atoms with Crippen LogP contribution >= 0.6 is 0 Å². The van der Waals surface area contributed by atoms with E-state index in [1.807, 2.05) is 55.5 Å². The number of aryl methyl sites for hydroxylation is 1. The summed E-state index contributed by atoms with van der Waals surface area (Å²) >= 11 is 0. The van der Waals surface area contributed by atoms with Gasteiger partial charge in [0.05, 0.1) is 12.2 Å². The van der Waals surface area contributed by atoms with Gasteiger partial charge in [0.2, 0.25) is 0 Å². The van der Waals surface area contributed by atoms with Gasteiger partial charge in [0, 0.05) is 29.1 Å². The molecule has 2 aromatic carbocycles. The molecular formula is C24H28N2O3. The second-order valence-electron chi connectivity index (χ2n) is 7.98. The summed E-state index contributed by atoms with van der Waals surface area (Å²) in [7, 11) is 2.16. The molecule has 0 saturated carbocycles. The number of H-pyrrole nitrogens is 1. The topological polar surface area (TPSA) is 54.6 Å². The monoisotopic (exact) mass is 392 g/mol. The van der Waals surface area contributed by atoms with Gasteiger partial charge < -0.3 is 19.4 Å². The van der Waals surface area contributed by atoms with E-state index in [1.165, 1.54) is 19.4 Å². The van der Waals surface area contributed by atoms with Crippen molar-refractivity contribution in [3.05, 3.63) is 65.4 Å². The molecule has 0 spiro atoms. The Morgan fingerprint density at radius 1 is 1.21 bits per heavy atom. The minimum atomic E-state index is -0.316. The summed E-state index contributed by atoms with van der Waals surface area (Å²) < 4.78 is 11.6. The van der Waals surface area contributed by atoms with Gasteiger partial charge in [0.25, 0.3) is 0 Å². The van der Waals surface area contributed by atoms with Crippen molar-refractivity contribution in [1.29, 1.82) is 0 Å². The highest BCUT2D eigenvalue weighted by atomic mass is 16.5. The third-order valence-electron chi connectivity index (χ3n) is 5.58. The number of carbonyl (C=O) groups excluding carboxylic acids is 1. The maximum atomic E-state index is 12.8. The zero-order valence-corrected chi connectivity index (χ0v) is 17.1. The second-order valence-corrected chi connectivity index (χ2v) is 7.98. The third-order valence-corrected chi connectivity index (χ3v) is 5.58. The predicted molar refractivity (Wildman–Crippen MR) is 114 cm³/mol. The number of ether oxygens (including phenoxy) is 2. The summed E-state index contributed by atoms with van der Waals surface area (Å²) in [5.41, 5.74) is 3.28. The van der Waals surface area contributed by atoms with Crippen molar-refractivity contribution >= 4 is 16.9 Å². The average molecular weight is 392 g/mol. The second kappa shape index (κ2) is 8.70. The van der Waals surface area contributed by atoms with Crippen LogP contribution in [0.15, 0.2) is 48.5 Å². The van der Waals surface area contributed by atoms with E-state index >= 15 is 0 Å². The van der Waals surface area contributed by atoms with Crippen LogP contribution < -0.4 is 4.74 Å². The van der Waals surface area contributed by atoms with E-state index in [2.05, 4.69) is 16.9 Å². The van der Waals surface area contributed by atoms with Gasteiger partial charge in [-0.05, 0) is 57.1 Å². The van der Waals surface area contributed by atoms with E-state index in [1.54, 1.807) is 0 Å². The lowest BCUT2D eigenvalue weighted by atomic mass is 9.99. The molecule has 3 aromatic rings. The Morgan fingerprint density at radius 2 is 2.03 bits per heavy atom. The van der Waals surface area contributed by atoms with Crippen LogP contribution in [0.5, 0.6) is 5.75 Å². The van der Waals surface area contributed by atoms with Crippen LogP contribution in [0.3, 0.4) is 0 Å². The summed E-state index contributed by atoms with van der Waals surface area (Å²) in [5.74, 6) is 1.03. The third kappa shape index (κ3) is 4.62. The molecule has 1 aromatic heterocycles. The Morgan fingerprint density at radius 3 is 2.83 bits per heavy atom. The highest BCUT2D eigenvalue weighted by Gasteiger charge is 2.20. The quantitative estimate of drug-likeness (QED) is 0.625. The Hall–Kier alpha value is -2.79. The van der Waals surface area contributed by atoms with Crippen molar-refractivity contribution < 1.29 is 14.3 Å². The Kier molecular flexibility index (Phi) is 5.86. The number of fused-ring (bicyclic) bond motifs is 1. The summed E-state index contributed by atoms with van der Waals surface area (Å²) in [5, 5.41) is 0.846. The number of nitrogens with one attached hydrogen (secondary N) is 1. The molecule has 0 bridgehead atoms. The zero-order chi connectivity index (χ0) is 20.2. The molecule has 1 atom stereocenters. The molecule has 5 nitrogen and oxygen atoms in total. The van der Waals surface area contributed by atoms with Gasteiger partial charge >= 0.3 is 5.97 Å². The van der Waals surface area contributed by atoms with Crippen LogP contribution in [-0.2, 0) is 11.3 Å². The van der Waals surface area contributed by atoms with Gasteiger partial charge in [-0.25, -0.2) is 4.79 Å². The fourth-order valence-electron chi connectivity index (χ4n) is 4.08. The number of likely N-dealkylation sites (tertiary alicyclic amines) is 1. The van der Waals surface area contributed by atoms with Crippen molar-refractivity contribution in [3.63, 3.8) is 0 Å². The van der Waals surface area contributed by atoms with Crippen molar-refractivity contribution in [2.75, 3.05) is 26.7 Å². The molecule has 1 unspecified atom stereocenters. The standard InChI is InChI=1S/C24H28N2O3/c1-17-23(24(27)29-15-18-7-4-3-5-8-18)21-13-20(10-11-22(21)25-17)28-16-19-9-6-12-26(2)14-19/h3-5,7-8,10-11,13,19,25H,6,9,12,14-16H2,1-2H3. The molecule has 1 aliphatic rings. The molecule has 0 amide bonds. The molecule has 0 aliphatic carbocycles. The molecule has 1 N–H and O–H groups in total. The molecule has 1 saturated heterocycles. The number of piperidine rings is 1. The van der Waals surface area contributed by atoms with Gasteiger partial charge in [-0.1, -0.05) is 30.3 Å². The minimum absolute atomic E-state index is 0.261. The summed E-state index contributed by atoms with van der Waals surface area (Å²) in [6.07, 6.45) is 2.42. The SMILES string of the molecule is Cc1[nH]c2ccc(OCC3CCCN(C)C3)cc2c1C(=O)OCc1ccccc1. The minimum Gasteiger partial charge on any atom is -0.493 e. The molecule has 5 heteroatoms. The van der Waals surface area contributed by atoms with E-state index in [0.717, 1.165) is 34.5 Å². The predicted octanol–water partition coefficient (Wildman–Crippen LogP) is 4.55. The fourth-order valence-corrected chi connectivity index (χ4v) is 4.08. The first-order valence-electron chi connectivity index (χ1n) is 10.2. The van der Waals surface area contributed by atoms with Gasteiger partial charge in [-0.2, -0.15) is 0 Å². The van der Waals surface area contributed by atoms with Crippen LogP contribution in [0.1, 0.15) is 34.5 Å². The number of benzene rings is 2. The molecule has 29 heavy (non-hydrogen) atoms. The number of esters is 1. The summed E-state index contributed by atoms with van der Waals surface area (Å²) in [4.78, 5) is 18.4. The lowest BCUT2D eigenvalue weighted by molar-refractivity contribution is 0.0474. The van der Waals surface area contributed by atoms with Crippen molar-refractivity contribution in [3.8, 4) is 5.75 Å². The Balaban J connectivity index is 1.47. The van der Waals surface area contributed by atoms with Crippen LogP contribution in [-0.4, -0.2) is 42.6 Å². The smallest absolute Gasteiger partial charge is 0.340 e. The van der Waals surface area contributed by atoms with E-state index < -0.39 is 0 Å². The van der Waals surface area contributed by atoms with E-state index in [9.17, 15) is 4.79 Å². The number of nitrogens with zero attached hydrogens (tertiary/aromatic N) is 1. The number of rotatable bonds is 6. The Labute approximate surface area is 171 Å². The van der Waals surface area contributed by atoms with Gasteiger partial charge in [-0.3, -0.25) is 0 Å². The molecule has 1 fully saturated rings. The first-order valence-corrected chi connectivity index (χ1v) is 10.2. The van der Waals surface area contributed by atoms with Crippen LogP contribution in [0, 0.1) is 12.8 Å². The number of hydrogen-bond acceptors (Lipinski definition) is 4. The van der Waals surface area contributed by atoms with Gasteiger partial charge in [0.15, 0.2) is 0 Å². The Bertz CT molecular complexity index is 980. The molecule has 2 heterocycles. The maximum absolute atomic E-state index is 12.8. The molecule has 1 aliphatic heterocycles. The number of carbonyl (C=O) groups is 1. The highest BCUT2D eigenvalue weighted by molar-refractivity contribution is 6.05. The lowest BCUT2D eigenvalue weighted by Gasteiger charge is -2.29. The van der Waals surface area contributed by atoms with Gasteiger partial charge in [-0.15, -0.1) is 0 Å². The zero-order valence-electron chi connectivity index (χ0n) is 17.1. The number of aromatic amines is 1. The van der Waals surface area contributed by atoms with E-state index in [4.69, 9.17) is 9.47 Å². The summed E-state index contributed by atoms with van der Waals surface area (Å²) in [6, 6.07) is 15.6. The first kappa shape index (κ1) is 19.5. The van der Waals surface area contributed by atoms with Crippen molar-refractivity contribution in [1.82, 2.24) is 9.88 Å². The van der Waals surface area contributed by atoms with Gasteiger partial charge in [0.1, 0.15) is 12.4 Å². The molecule has 152 valence electrons. The molecular weight excluding hydrogens is 364 g/mol. The lowest BCUT2D eigenvalue weighted by Crippen LogP contribution is -2.34. The van der Waals surface area contributed by atoms with Crippen molar-refractivity contribution in [2.45, 2.75) is 26.4 Å². The highest BCUT2D eigenvalue weighted by Crippen LogP contribution is 2.28. The molecule has 4 rings (SSSR count). The molecule has 0 radical (unpaired) electrons. The van der Waals surface area contributed by atoms with E-state index in [0.29, 0.717) is 18.1 Å². The first-order chi connectivity index (χ1) is 14.1.